The van der Waals surface area contributed by atoms with E-state index in [-0.39, 0.29) is 30.0 Å². The van der Waals surface area contributed by atoms with E-state index in [2.05, 4.69) is 0 Å². The molecule has 1 aromatic rings. The van der Waals surface area contributed by atoms with Crippen molar-refractivity contribution in [1.29, 1.82) is 0 Å². The maximum atomic E-state index is 12.9. The van der Waals surface area contributed by atoms with Crippen molar-refractivity contribution in [1.82, 2.24) is 0 Å². The van der Waals surface area contributed by atoms with E-state index < -0.39 is 23.6 Å². The van der Waals surface area contributed by atoms with Crippen LogP contribution in [0.4, 0.5) is 10.5 Å². The maximum Gasteiger partial charge on any atom is 0.415 e. The number of hydrogen-bond acceptors (Lipinski definition) is 7. The van der Waals surface area contributed by atoms with Gasteiger partial charge in [-0.1, -0.05) is 0 Å². The molecule has 8 heteroatoms. The molecule has 158 valence electrons. The van der Waals surface area contributed by atoms with Gasteiger partial charge >= 0.3 is 18.0 Å². The summed E-state index contributed by atoms with van der Waals surface area (Å²) in [7, 11) is 2.51. The molecule has 0 bridgehead atoms. The topological polar surface area (TPSA) is 91.4 Å². The predicted octanol–water partition coefficient (Wildman–Crippen LogP) is 3.27. The summed E-state index contributed by atoms with van der Waals surface area (Å²) >= 11 is 0. The summed E-state index contributed by atoms with van der Waals surface area (Å²) in [5.41, 5.74) is 1.52. The van der Waals surface area contributed by atoms with Gasteiger partial charge in [-0.3, -0.25) is 4.90 Å². The molecule has 29 heavy (non-hydrogen) atoms. The zero-order valence-electron chi connectivity index (χ0n) is 17.5. The molecule has 0 N–H and O–H groups in total. The van der Waals surface area contributed by atoms with Crippen molar-refractivity contribution in [2.75, 3.05) is 32.3 Å². The van der Waals surface area contributed by atoms with E-state index in [1.54, 1.807) is 20.8 Å². The van der Waals surface area contributed by atoms with Crippen LogP contribution in [-0.4, -0.2) is 51.0 Å². The number of fused-ring (bicyclic) bond motifs is 3. The number of rotatable bonds is 2. The lowest BCUT2D eigenvalue weighted by Crippen LogP contribution is -2.43. The highest BCUT2D eigenvalue weighted by Gasteiger charge is 2.39. The van der Waals surface area contributed by atoms with Crippen molar-refractivity contribution in [3.8, 4) is 5.75 Å². The quantitative estimate of drug-likeness (QED) is 0.551. The molecule has 1 aliphatic carbocycles. The number of carbonyl (C=O) groups is 3. The summed E-state index contributed by atoms with van der Waals surface area (Å²) in [5, 5.41) is 0. The standard InChI is InChI=1S/C21H27NO7/c1-21(2,3)29-20(25)22-10-11-28-17-15(19(24)27-5)14(18(23)26-4)12-8-6-7-9-13(12)16(17)22/h6-11H2,1-5H3. The van der Waals surface area contributed by atoms with Crippen LogP contribution in [0.1, 0.15) is 65.5 Å². The highest BCUT2D eigenvalue weighted by molar-refractivity contribution is 6.10. The van der Waals surface area contributed by atoms with Gasteiger partial charge < -0.3 is 18.9 Å². The number of ether oxygens (including phenoxy) is 4. The van der Waals surface area contributed by atoms with Gasteiger partial charge in [-0.2, -0.15) is 0 Å². The van der Waals surface area contributed by atoms with Crippen LogP contribution in [0.15, 0.2) is 0 Å². The first-order valence-electron chi connectivity index (χ1n) is 9.71. The molecular formula is C21H27NO7. The molecule has 2 aliphatic rings. The number of esters is 2. The Morgan fingerprint density at radius 1 is 0.931 bits per heavy atom. The molecule has 0 radical (unpaired) electrons. The van der Waals surface area contributed by atoms with Gasteiger partial charge in [-0.15, -0.1) is 0 Å². The molecular weight excluding hydrogens is 378 g/mol. The molecule has 0 aromatic heterocycles. The summed E-state index contributed by atoms with van der Waals surface area (Å²) < 4.78 is 21.3. The van der Waals surface area contributed by atoms with Crippen LogP contribution in [0, 0.1) is 0 Å². The summed E-state index contributed by atoms with van der Waals surface area (Å²) in [6.45, 7) is 5.83. The fourth-order valence-corrected chi connectivity index (χ4v) is 3.86. The van der Waals surface area contributed by atoms with Crippen LogP contribution < -0.4 is 9.64 Å². The second kappa shape index (κ2) is 7.93. The Labute approximate surface area is 170 Å². The Kier molecular flexibility index (Phi) is 5.73. The van der Waals surface area contributed by atoms with Crippen molar-refractivity contribution >= 4 is 23.7 Å². The van der Waals surface area contributed by atoms with Gasteiger partial charge in [0.1, 0.15) is 17.8 Å². The van der Waals surface area contributed by atoms with Crippen molar-refractivity contribution in [2.24, 2.45) is 0 Å². The Morgan fingerprint density at radius 2 is 1.52 bits per heavy atom. The maximum absolute atomic E-state index is 12.9. The van der Waals surface area contributed by atoms with E-state index in [1.165, 1.54) is 19.1 Å². The molecule has 0 atom stereocenters. The van der Waals surface area contributed by atoms with Crippen LogP contribution in [0.2, 0.25) is 0 Å². The largest absolute Gasteiger partial charge is 0.489 e. The van der Waals surface area contributed by atoms with Gasteiger partial charge in [0.25, 0.3) is 0 Å². The minimum Gasteiger partial charge on any atom is -0.489 e. The second-order valence-electron chi connectivity index (χ2n) is 8.06. The number of anilines is 1. The van der Waals surface area contributed by atoms with Crippen LogP contribution in [0.3, 0.4) is 0 Å². The van der Waals surface area contributed by atoms with Gasteiger partial charge in [0.2, 0.25) is 0 Å². The number of carbonyl (C=O) groups excluding carboxylic acids is 3. The summed E-state index contributed by atoms with van der Waals surface area (Å²) in [6.07, 6.45) is 2.51. The summed E-state index contributed by atoms with van der Waals surface area (Å²) in [6, 6.07) is 0. The summed E-state index contributed by atoms with van der Waals surface area (Å²) in [5.74, 6) is -1.15. The number of nitrogens with zero attached hydrogens (tertiary/aromatic N) is 1. The molecule has 0 spiro atoms. The van der Waals surface area contributed by atoms with E-state index in [9.17, 15) is 14.4 Å². The minimum absolute atomic E-state index is 0.00302. The molecule has 8 nitrogen and oxygen atoms in total. The fraction of sp³-hybridized carbons (Fsp3) is 0.571. The van der Waals surface area contributed by atoms with Gasteiger partial charge in [-0.05, 0) is 57.6 Å². The number of hydrogen-bond donors (Lipinski definition) is 0. The van der Waals surface area contributed by atoms with Crippen molar-refractivity contribution in [3.63, 3.8) is 0 Å². The van der Waals surface area contributed by atoms with Crippen LogP contribution in [0.25, 0.3) is 0 Å². The predicted molar refractivity (Wildman–Crippen MR) is 105 cm³/mol. The normalized spacial score (nSPS) is 15.6. The first kappa shape index (κ1) is 21.0. The average Bonchev–Trinajstić information content (AvgIpc) is 2.69. The van der Waals surface area contributed by atoms with E-state index in [4.69, 9.17) is 18.9 Å². The molecule has 0 saturated carbocycles. The van der Waals surface area contributed by atoms with Gasteiger partial charge in [-0.25, -0.2) is 14.4 Å². The molecule has 0 unspecified atom stereocenters. The molecule has 1 amide bonds. The fourth-order valence-electron chi connectivity index (χ4n) is 3.86. The highest BCUT2D eigenvalue weighted by atomic mass is 16.6. The minimum atomic E-state index is -0.707. The van der Waals surface area contributed by atoms with E-state index in [1.807, 2.05) is 0 Å². The third-order valence-electron chi connectivity index (χ3n) is 4.97. The van der Waals surface area contributed by atoms with Gasteiger partial charge in [0.05, 0.1) is 32.0 Å². The SMILES string of the molecule is COC(=O)c1c2c(c3c(c1C(=O)OC)OCCN3C(=O)OC(C)(C)C)CCCC2. The highest BCUT2D eigenvalue weighted by Crippen LogP contribution is 2.46. The van der Waals surface area contributed by atoms with Crippen LogP contribution >= 0.6 is 0 Å². The van der Waals surface area contributed by atoms with Crippen molar-refractivity contribution in [2.45, 2.75) is 52.1 Å². The lowest BCUT2D eigenvalue weighted by atomic mass is 9.83. The molecule has 0 saturated heterocycles. The van der Waals surface area contributed by atoms with E-state index in [0.29, 0.717) is 24.1 Å². The first-order chi connectivity index (χ1) is 13.7. The Hall–Kier alpha value is -2.77. The monoisotopic (exact) mass is 405 g/mol. The third kappa shape index (κ3) is 3.88. The van der Waals surface area contributed by atoms with E-state index >= 15 is 0 Å². The molecule has 1 heterocycles. The van der Waals surface area contributed by atoms with Crippen LogP contribution in [-0.2, 0) is 27.1 Å². The Balaban J connectivity index is 2.29. The third-order valence-corrected chi connectivity index (χ3v) is 4.97. The lowest BCUT2D eigenvalue weighted by Gasteiger charge is -2.36. The van der Waals surface area contributed by atoms with Crippen molar-refractivity contribution < 1.29 is 33.3 Å². The zero-order chi connectivity index (χ0) is 21.3. The zero-order valence-corrected chi connectivity index (χ0v) is 17.5. The first-order valence-corrected chi connectivity index (χ1v) is 9.71. The van der Waals surface area contributed by atoms with Gasteiger partial charge in [0, 0.05) is 0 Å². The molecule has 0 fully saturated rings. The Morgan fingerprint density at radius 3 is 2.10 bits per heavy atom. The number of amides is 1. The van der Waals surface area contributed by atoms with Gasteiger partial charge in [0.15, 0.2) is 5.75 Å². The van der Waals surface area contributed by atoms with Crippen molar-refractivity contribution in [3.05, 3.63) is 22.3 Å². The Bertz CT molecular complexity index is 854. The smallest absolute Gasteiger partial charge is 0.415 e. The summed E-state index contributed by atoms with van der Waals surface area (Å²) in [4.78, 5) is 39.7. The molecule has 1 aromatic carbocycles. The number of benzene rings is 1. The lowest BCUT2D eigenvalue weighted by molar-refractivity contribution is 0.0540. The molecule has 3 rings (SSSR count). The average molecular weight is 405 g/mol. The van der Waals surface area contributed by atoms with E-state index in [0.717, 1.165) is 18.4 Å². The number of methoxy groups -OCH3 is 2. The molecule has 1 aliphatic heterocycles. The second-order valence-corrected chi connectivity index (χ2v) is 8.06. The van der Waals surface area contributed by atoms with Crippen LogP contribution in [0.5, 0.6) is 5.75 Å².